The van der Waals surface area contributed by atoms with E-state index in [9.17, 15) is 14.4 Å². The smallest absolute Gasteiger partial charge is 0.319 e. The van der Waals surface area contributed by atoms with Crippen molar-refractivity contribution in [2.75, 3.05) is 33.7 Å². The molecule has 3 rings (SSSR count). The summed E-state index contributed by atoms with van der Waals surface area (Å²) in [6, 6.07) is 7.60. The molecule has 1 fully saturated rings. The number of para-hydroxylation sites is 1. The van der Waals surface area contributed by atoms with Gasteiger partial charge in [0.2, 0.25) is 5.91 Å². The van der Waals surface area contributed by atoms with Gasteiger partial charge in [-0.05, 0) is 6.07 Å². The van der Waals surface area contributed by atoms with Crippen LogP contribution in [0.4, 0.5) is 4.79 Å². The summed E-state index contributed by atoms with van der Waals surface area (Å²) in [5.41, 5.74) is 0.337. The van der Waals surface area contributed by atoms with Crippen LogP contribution >= 0.6 is 0 Å². The molecule has 1 saturated heterocycles. The fourth-order valence-electron chi connectivity index (χ4n) is 3.81. The first-order valence-corrected chi connectivity index (χ1v) is 9.52. The van der Waals surface area contributed by atoms with Gasteiger partial charge in [-0.2, -0.15) is 0 Å². The topological polar surface area (TPSA) is 90.4 Å². The first-order chi connectivity index (χ1) is 13.3. The Morgan fingerprint density at radius 3 is 2.43 bits per heavy atom. The summed E-state index contributed by atoms with van der Waals surface area (Å²) >= 11 is 0. The lowest BCUT2D eigenvalue weighted by Gasteiger charge is -2.43. The Morgan fingerprint density at radius 2 is 1.79 bits per heavy atom. The number of rotatable bonds is 3. The number of amides is 3. The van der Waals surface area contributed by atoms with Crippen LogP contribution in [0.3, 0.4) is 0 Å². The Labute approximate surface area is 164 Å². The van der Waals surface area contributed by atoms with Gasteiger partial charge in [0, 0.05) is 58.6 Å². The monoisotopic (exact) mass is 389 g/mol. The van der Waals surface area contributed by atoms with Crippen molar-refractivity contribution in [2.24, 2.45) is 0 Å². The molecule has 2 aliphatic heterocycles. The van der Waals surface area contributed by atoms with Crippen LogP contribution in [0.15, 0.2) is 24.3 Å². The molecule has 0 unspecified atom stereocenters. The van der Waals surface area contributed by atoms with Crippen LogP contribution in [0.5, 0.6) is 5.75 Å². The molecule has 28 heavy (non-hydrogen) atoms. The molecule has 2 heterocycles. The van der Waals surface area contributed by atoms with Gasteiger partial charge in [-0.1, -0.05) is 18.2 Å². The van der Waals surface area contributed by atoms with Gasteiger partial charge in [0.05, 0.1) is 13.0 Å². The summed E-state index contributed by atoms with van der Waals surface area (Å²) in [6.45, 7) is 1.90. The number of ether oxygens (including phenoxy) is 1. The molecule has 0 bridgehead atoms. The third-order valence-corrected chi connectivity index (χ3v) is 5.37. The molecule has 1 spiro atoms. The third-order valence-electron chi connectivity index (χ3n) is 5.37. The molecular formula is C20H27N3O5. The molecule has 0 atom stereocenters. The Kier molecular flexibility index (Phi) is 5.76. The van der Waals surface area contributed by atoms with Crippen molar-refractivity contribution < 1.29 is 24.2 Å². The largest absolute Gasteiger partial charge is 0.485 e. The molecule has 0 aliphatic carbocycles. The van der Waals surface area contributed by atoms with E-state index in [2.05, 4.69) is 0 Å². The number of carbonyl (C=O) groups excluding carboxylic acids is 2. The van der Waals surface area contributed by atoms with E-state index in [1.807, 2.05) is 24.3 Å². The van der Waals surface area contributed by atoms with Crippen LogP contribution < -0.4 is 4.74 Å². The number of carboxylic acid groups (broad SMARTS) is 1. The van der Waals surface area contributed by atoms with Crippen molar-refractivity contribution in [2.45, 2.75) is 37.8 Å². The molecular weight excluding hydrogens is 362 g/mol. The van der Waals surface area contributed by atoms with E-state index < -0.39 is 11.6 Å². The van der Waals surface area contributed by atoms with E-state index in [-0.39, 0.29) is 24.8 Å². The highest BCUT2D eigenvalue weighted by atomic mass is 16.5. The van der Waals surface area contributed by atoms with E-state index in [1.54, 1.807) is 28.8 Å². The summed E-state index contributed by atoms with van der Waals surface area (Å²) in [6.07, 6.45) is 1.02. The fraction of sp³-hybridized carbons (Fsp3) is 0.550. The number of carbonyl (C=O) groups is 3. The van der Waals surface area contributed by atoms with E-state index >= 15 is 0 Å². The second-order valence-corrected chi connectivity index (χ2v) is 7.70. The molecule has 1 aromatic carbocycles. The first-order valence-electron chi connectivity index (χ1n) is 9.52. The average molecular weight is 389 g/mol. The zero-order valence-corrected chi connectivity index (χ0v) is 16.4. The van der Waals surface area contributed by atoms with Crippen molar-refractivity contribution >= 4 is 17.9 Å². The van der Waals surface area contributed by atoms with E-state index in [0.717, 1.165) is 11.3 Å². The number of benzene rings is 1. The SMILES string of the molecule is CN(C)C(=O)N1CCC2(CC1)CN(C(=O)CCC(=O)O)Cc1ccccc1O2. The number of fused-ring (bicyclic) bond motifs is 1. The maximum absolute atomic E-state index is 12.7. The number of likely N-dealkylation sites (tertiary alicyclic amines) is 1. The highest BCUT2D eigenvalue weighted by molar-refractivity contribution is 5.81. The first kappa shape index (κ1) is 20.0. The van der Waals surface area contributed by atoms with Gasteiger partial charge in [0.1, 0.15) is 11.4 Å². The van der Waals surface area contributed by atoms with Crippen LogP contribution in [0.25, 0.3) is 0 Å². The lowest BCUT2D eigenvalue weighted by atomic mass is 9.90. The summed E-state index contributed by atoms with van der Waals surface area (Å²) in [4.78, 5) is 40.9. The zero-order chi connectivity index (χ0) is 20.3. The molecule has 2 aliphatic rings. The molecule has 1 N–H and O–H groups in total. The van der Waals surface area contributed by atoms with Crippen LogP contribution in [-0.4, -0.2) is 77.0 Å². The number of urea groups is 1. The molecule has 3 amide bonds. The van der Waals surface area contributed by atoms with E-state index in [4.69, 9.17) is 9.84 Å². The number of hydrogen-bond donors (Lipinski definition) is 1. The van der Waals surface area contributed by atoms with Crippen molar-refractivity contribution in [1.82, 2.24) is 14.7 Å². The van der Waals surface area contributed by atoms with E-state index in [1.165, 1.54) is 0 Å². The summed E-state index contributed by atoms with van der Waals surface area (Å²) in [5.74, 6) is -0.415. The van der Waals surface area contributed by atoms with Gasteiger partial charge in [0.15, 0.2) is 0 Å². The maximum Gasteiger partial charge on any atom is 0.319 e. The van der Waals surface area contributed by atoms with Crippen molar-refractivity contribution in [1.29, 1.82) is 0 Å². The molecule has 0 radical (unpaired) electrons. The summed E-state index contributed by atoms with van der Waals surface area (Å²) in [5, 5.41) is 8.91. The highest BCUT2D eigenvalue weighted by Gasteiger charge is 2.42. The second kappa shape index (κ2) is 8.08. The average Bonchev–Trinajstić information content (AvgIpc) is 2.82. The Hall–Kier alpha value is -2.77. The standard InChI is InChI=1S/C20H27N3O5/c1-21(2)19(27)22-11-9-20(10-12-22)14-23(17(24)7-8-18(25)26)13-15-5-3-4-6-16(15)28-20/h3-6H,7-14H2,1-2H3,(H,25,26). The second-order valence-electron chi connectivity index (χ2n) is 7.70. The van der Waals surface area contributed by atoms with Gasteiger partial charge in [-0.25, -0.2) is 4.79 Å². The molecule has 0 saturated carbocycles. The lowest BCUT2D eigenvalue weighted by molar-refractivity contribution is -0.142. The van der Waals surface area contributed by atoms with Gasteiger partial charge < -0.3 is 24.5 Å². The third kappa shape index (κ3) is 4.37. The summed E-state index contributed by atoms with van der Waals surface area (Å²) < 4.78 is 6.42. The number of carboxylic acids is 1. The zero-order valence-electron chi connectivity index (χ0n) is 16.4. The Bertz CT molecular complexity index is 756. The molecule has 1 aromatic rings. The van der Waals surface area contributed by atoms with Gasteiger partial charge in [-0.15, -0.1) is 0 Å². The van der Waals surface area contributed by atoms with Gasteiger partial charge in [0.25, 0.3) is 0 Å². The molecule has 152 valence electrons. The maximum atomic E-state index is 12.7. The lowest BCUT2D eigenvalue weighted by Crippen LogP contribution is -2.56. The minimum absolute atomic E-state index is 0.0289. The number of hydrogen-bond acceptors (Lipinski definition) is 4. The van der Waals surface area contributed by atoms with Crippen molar-refractivity contribution in [3.05, 3.63) is 29.8 Å². The fourth-order valence-corrected chi connectivity index (χ4v) is 3.81. The predicted octanol–water partition coefficient (Wildman–Crippen LogP) is 1.79. The normalized spacial score (nSPS) is 18.1. The van der Waals surface area contributed by atoms with Crippen LogP contribution in [0, 0.1) is 0 Å². The number of aliphatic carboxylic acids is 1. The van der Waals surface area contributed by atoms with Gasteiger partial charge in [-0.3, -0.25) is 9.59 Å². The molecule has 8 heteroatoms. The number of nitrogens with zero attached hydrogens (tertiary/aromatic N) is 3. The van der Waals surface area contributed by atoms with Crippen molar-refractivity contribution in [3.63, 3.8) is 0 Å². The predicted molar refractivity (Wildman–Crippen MR) is 102 cm³/mol. The number of piperidine rings is 1. The molecule has 0 aromatic heterocycles. The summed E-state index contributed by atoms with van der Waals surface area (Å²) in [7, 11) is 3.46. The van der Waals surface area contributed by atoms with Crippen molar-refractivity contribution in [3.8, 4) is 5.75 Å². The Balaban J connectivity index is 1.80. The Morgan fingerprint density at radius 1 is 1.11 bits per heavy atom. The van der Waals surface area contributed by atoms with Crippen LogP contribution in [0.1, 0.15) is 31.2 Å². The van der Waals surface area contributed by atoms with Gasteiger partial charge >= 0.3 is 12.0 Å². The molecule has 8 nitrogen and oxygen atoms in total. The quantitative estimate of drug-likeness (QED) is 0.851. The van der Waals surface area contributed by atoms with E-state index in [0.29, 0.717) is 39.0 Å². The highest BCUT2D eigenvalue weighted by Crippen LogP contribution is 2.36. The van der Waals surface area contributed by atoms with Crippen LogP contribution in [-0.2, 0) is 16.1 Å². The minimum Gasteiger partial charge on any atom is -0.485 e. The van der Waals surface area contributed by atoms with Crippen LogP contribution in [0.2, 0.25) is 0 Å². The minimum atomic E-state index is -0.981.